The van der Waals surface area contributed by atoms with E-state index in [1.807, 2.05) is 24.3 Å². The Hall–Kier alpha value is -3.15. The molecular weight excluding hydrogens is 309 g/mol. The minimum Gasteiger partial charge on any atom is -0.338 e. The maximum atomic E-state index is 12.9. The van der Waals surface area contributed by atoms with E-state index in [-0.39, 0.29) is 24.2 Å². The molecule has 1 aromatic heterocycles. The number of benzene rings is 2. The van der Waals surface area contributed by atoms with Gasteiger partial charge in [-0.25, -0.2) is 4.39 Å². The van der Waals surface area contributed by atoms with Gasteiger partial charge in [-0.15, -0.1) is 0 Å². The first-order chi connectivity index (χ1) is 11.5. The van der Waals surface area contributed by atoms with Crippen molar-refractivity contribution in [2.75, 3.05) is 10.6 Å². The summed E-state index contributed by atoms with van der Waals surface area (Å²) in [7, 11) is 0. The molecule has 3 aromatic rings. The van der Waals surface area contributed by atoms with Gasteiger partial charge in [0.15, 0.2) is 0 Å². The zero-order valence-electron chi connectivity index (χ0n) is 13.0. The van der Waals surface area contributed by atoms with Gasteiger partial charge in [0.25, 0.3) is 0 Å². The normalized spacial score (nSPS) is 10.6. The summed E-state index contributed by atoms with van der Waals surface area (Å²) in [6.07, 6.45) is 1.79. The third-order valence-electron chi connectivity index (χ3n) is 3.57. The lowest BCUT2D eigenvalue weighted by atomic mass is 10.2. The molecule has 5 nitrogen and oxygen atoms in total. The number of halogens is 1. The second kappa shape index (κ2) is 6.54. The summed E-state index contributed by atoms with van der Waals surface area (Å²) in [4.78, 5) is 23.4. The summed E-state index contributed by atoms with van der Waals surface area (Å²) in [5.41, 5.74) is 2.09. The summed E-state index contributed by atoms with van der Waals surface area (Å²) >= 11 is 0. The third-order valence-corrected chi connectivity index (χ3v) is 3.57. The predicted octanol–water partition coefficient (Wildman–Crippen LogP) is 3.38. The first kappa shape index (κ1) is 15.7. The molecule has 0 aliphatic carbocycles. The van der Waals surface area contributed by atoms with Gasteiger partial charge in [0, 0.05) is 24.2 Å². The van der Waals surface area contributed by atoms with Crippen LogP contribution >= 0.6 is 0 Å². The molecule has 0 aliphatic rings. The Bertz CT molecular complexity index is 900. The maximum absolute atomic E-state index is 12.9. The Morgan fingerprint density at radius 3 is 2.50 bits per heavy atom. The van der Waals surface area contributed by atoms with Crippen molar-refractivity contribution in [3.63, 3.8) is 0 Å². The van der Waals surface area contributed by atoms with E-state index in [1.165, 1.54) is 31.2 Å². The van der Waals surface area contributed by atoms with Crippen LogP contribution in [-0.4, -0.2) is 16.4 Å². The number of amides is 2. The minimum absolute atomic E-state index is 0.115. The molecule has 0 radical (unpaired) electrons. The Kier molecular flexibility index (Phi) is 4.29. The van der Waals surface area contributed by atoms with Gasteiger partial charge in [-0.3, -0.25) is 9.59 Å². The number of carbonyl (C=O) groups excluding carboxylic acids is 2. The highest BCUT2D eigenvalue weighted by Crippen LogP contribution is 2.24. The second-order valence-electron chi connectivity index (χ2n) is 5.42. The molecular formula is C18H16FN3O2. The molecule has 0 bridgehead atoms. The number of fused-ring (bicyclic) bond motifs is 1. The van der Waals surface area contributed by atoms with Gasteiger partial charge in [0.2, 0.25) is 11.8 Å². The maximum Gasteiger partial charge on any atom is 0.244 e. The molecule has 0 aliphatic heterocycles. The van der Waals surface area contributed by atoms with Crippen LogP contribution < -0.4 is 10.6 Å². The monoisotopic (exact) mass is 325 g/mol. The van der Waals surface area contributed by atoms with Crippen LogP contribution in [-0.2, 0) is 16.1 Å². The molecule has 6 heteroatoms. The number of nitrogens with one attached hydrogen (secondary N) is 2. The number of hydrogen-bond acceptors (Lipinski definition) is 2. The van der Waals surface area contributed by atoms with Crippen molar-refractivity contribution in [1.29, 1.82) is 0 Å². The predicted molar refractivity (Wildman–Crippen MR) is 91.3 cm³/mol. The quantitative estimate of drug-likeness (QED) is 0.772. The van der Waals surface area contributed by atoms with Crippen LogP contribution in [0.15, 0.2) is 54.7 Å². The average Bonchev–Trinajstić information content (AvgIpc) is 2.93. The van der Waals surface area contributed by atoms with Crippen LogP contribution in [0.2, 0.25) is 0 Å². The first-order valence-corrected chi connectivity index (χ1v) is 7.44. The van der Waals surface area contributed by atoms with Crippen LogP contribution in [0.25, 0.3) is 10.9 Å². The Balaban J connectivity index is 1.78. The van der Waals surface area contributed by atoms with Gasteiger partial charge in [0.05, 0.1) is 11.2 Å². The Morgan fingerprint density at radius 1 is 1.04 bits per heavy atom. The number of rotatable bonds is 4. The van der Waals surface area contributed by atoms with Crippen molar-refractivity contribution in [3.05, 3.63) is 60.5 Å². The SMILES string of the molecule is CC(=O)Nc1cccc2c1ccn2CC(=O)Nc1ccc(F)cc1. The molecule has 2 amide bonds. The molecule has 2 aromatic carbocycles. The summed E-state index contributed by atoms with van der Waals surface area (Å²) in [5.74, 6) is -0.719. The van der Waals surface area contributed by atoms with Crippen molar-refractivity contribution in [2.45, 2.75) is 13.5 Å². The van der Waals surface area contributed by atoms with Crippen LogP contribution in [0.1, 0.15) is 6.92 Å². The zero-order chi connectivity index (χ0) is 17.1. The van der Waals surface area contributed by atoms with Gasteiger partial charge in [-0.1, -0.05) is 6.07 Å². The molecule has 24 heavy (non-hydrogen) atoms. The topological polar surface area (TPSA) is 63.1 Å². The van der Waals surface area contributed by atoms with E-state index < -0.39 is 0 Å². The number of nitrogens with zero attached hydrogens (tertiary/aromatic N) is 1. The summed E-state index contributed by atoms with van der Waals surface area (Å²) in [6.45, 7) is 1.57. The van der Waals surface area contributed by atoms with Gasteiger partial charge < -0.3 is 15.2 Å². The molecule has 3 rings (SSSR count). The fraction of sp³-hybridized carbons (Fsp3) is 0.111. The smallest absolute Gasteiger partial charge is 0.244 e. The molecule has 1 heterocycles. The largest absolute Gasteiger partial charge is 0.338 e. The van der Waals surface area contributed by atoms with E-state index in [0.29, 0.717) is 11.4 Å². The molecule has 122 valence electrons. The number of aromatic nitrogens is 1. The molecule has 0 atom stereocenters. The van der Waals surface area contributed by atoms with Crippen molar-refractivity contribution in [1.82, 2.24) is 4.57 Å². The fourth-order valence-electron chi connectivity index (χ4n) is 2.55. The third kappa shape index (κ3) is 3.43. The highest BCUT2D eigenvalue weighted by molar-refractivity contribution is 6.01. The van der Waals surface area contributed by atoms with Crippen molar-refractivity contribution >= 4 is 34.1 Å². The zero-order valence-corrected chi connectivity index (χ0v) is 13.0. The van der Waals surface area contributed by atoms with E-state index >= 15 is 0 Å². The van der Waals surface area contributed by atoms with Crippen molar-refractivity contribution < 1.29 is 14.0 Å². The first-order valence-electron chi connectivity index (χ1n) is 7.44. The Morgan fingerprint density at radius 2 is 1.79 bits per heavy atom. The van der Waals surface area contributed by atoms with Crippen molar-refractivity contribution in [2.24, 2.45) is 0 Å². The van der Waals surface area contributed by atoms with Crippen molar-refractivity contribution in [3.8, 4) is 0 Å². The van der Waals surface area contributed by atoms with Gasteiger partial charge in [-0.2, -0.15) is 0 Å². The summed E-state index contributed by atoms with van der Waals surface area (Å²) < 4.78 is 14.7. The number of hydrogen-bond donors (Lipinski definition) is 2. The lowest BCUT2D eigenvalue weighted by Gasteiger charge is -2.09. The van der Waals surface area contributed by atoms with E-state index in [1.54, 1.807) is 10.8 Å². The number of anilines is 2. The van der Waals surface area contributed by atoms with Crippen LogP contribution in [0.3, 0.4) is 0 Å². The molecule has 0 saturated carbocycles. The highest BCUT2D eigenvalue weighted by Gasteiger charge is 2.10. The number of carbonyl (C=O) groups is 2. The lowest BCUT2D eigenvalue weighted by molar-refractivity contribution is -0.116. The molecule has 0 spiro atoms. The Labute approximate surface area is 138 Å². The molecule has 0 unspecified atom stereocenters. The van der Waals surface area contributed by atoms with Crippen LogP contribution in [0.5, 0.6) is 0 Å². The summed E-state index contributed by atoms with van der Waals surface area (Å²) in [6, 6.07) is 13.0. The lowest BCUT2D eigenvalue weighted by Crippen LogP contribution is -2.18. The summed E-state index contributed by atoms with van der Waals surface area (Å²) in [5, 5.41) is 6.36. The van der Waals surface area contributed by atoms with E-state index in [9.17, 15) is 14.0 Å². The van der Waals surface area contributed by atoms with Crippen LogP contribution in [0, 0.1) is 5.82 Å². The van der Waals surface area contributed by atoms with Gasteiger partial charge >= 0.3 is 0 Å². The van der Waals surface area contributed by atoms with Crippen LogP contribution in [0.4, 0.5) is 15.8 Å². The van der Waals surface area contributed by atoms with Gasteiger partial charge in [-0.05, 0) is 42.5 Å². The van der Waals surface area contributed by atoms with E-state index in [0.717, 1.165) is 10.9 Å². The molecule has 0 saturated heterocycles. The molecule has 2 N–H and O–H groups in total. The fourth-order valence-corrected chi connectivity index (χ4v) is 2.55. The minimum atomic E-state index is -0.352. The van der Waals surface area contributed by atoms with Gasteiger partial charge in [0.1, 0.15) is 12.4 Å². The highest BCUT2D eigenvalue weighted by atomic mass is 19.1. The van der Waals surface area contributed by atoms with E-state index in [4.69, 9.17) is 0 Å². The average molecular weight is 325 g/mol. The second-order valence-corrected chi connectivity index (χ2v) is 5.42. The molecule has 0 fully saturated rings. The van der Waals surface area contributed by atoms with E-state index in [2.05, 4.69) is 10.6 Å². The standard InChI is InChI=1S/C18H16FN3O2/c1-12(23)20-16-3-2-4-17-15(16)9-10-22(17)11-18(24)21-14-7-5-13(19)6-8-14/h2-10H,11H2,1H3,(H,20,23)(H,21,24).